The summed E-state index contributed by atoms with van der Waals surface area (Å²) >= 11 is 14.0. The van der Waals surface area contributed by atoms with Crippen LogP contribution in [0.1, 0.15) is 23.2 Å². The number of nitrogens with one attached hydrogen (secondary N) is 1. The molecule has 0 bridgehead atoms. The second-order valence-electron chi connectivity index (χ2n) is 6.78. The van der Waals surface area contributed by atoms with Gasteiger partial charge in [0.25, 0.3) is 0 Å². The van der Waals surface area contributed by atoms with Gasteiger partial charge in [0.2, 0.25) is 0 Å². The highest BCUT2D eigenvalue weighted by molar-refractivity contribution is 14.1. The number of aromatic carboxylic acids is 1. The minimum atomic E-state index is -1.24. The fourth-order valence-electron chi connectivity index (χ4n) is 2.91. The first-order valence-electron chi connectivity index (χ1n) is 10.1. The van der Waals surface area contributed by atoms with Crippen molar-refractivity contribution in [2.24, 2.45) is 5.90 Å². The molecule has 4 N–H and O–H groups in total. The van der Waals surface area contributed by atoms with Crippen LogP contribution in [0.3, 0.4) is 0 Å². The van der Waals surface area contributed by atoms with Crippen molar-refractivity contribution in [3.8, 4) is 0 Å². The van der Waals surface area contributed by atoms with Crippen molar-refractivity contribution in [1.82, 2.24) is 9.55 Å². The summed E-state index contributed by atoms with van der Waals surface area (Å²) < 4.78 is 22.4. The SMILES string of the molecule is C=COCCON.O=C(O)c1cc2c(ncn2CCCCCl)c(F)c1Nc1ccc(I)cc1Cl. The van der Waals surface area contributed by atoms with E-state index in [1.165, 1.54) is 18.7 Å². The van der Waals surface area contributed by atoms with Crippen molar-refractivity contribution in [3.63, 3.8) is 0 Å². The van der Waals surface area contributed by atoms with Crippen molar-refractivity contribution in [1.29, 1.82) is 0 Å². The number of carbonyl (C=O) groups is 1. The lowest BCUT2D eigenvalue weighted by Gasteiger charge is -2.13. The summed E-state index contributed by atoms with van der Waals surface area (Å²) in [4.78, 5) is 20.0. The number of carboxylic acids is 1. The number of hydrogen-bond acceptors (Lipinski definition) is 6. The topological polar surface area (TPSA) is 112 Å². The van der Waals surface area contributed by atoms with Crippen LogP contribution in [-0.2, 0) is 16.1 Å². The molecule has 0 radical (unpaired) electrons. The normalized spacial score (nSPS) is 10.5. The van der Waals surface area contributed by atoms with Crippen LogP contribution in [0.5, 0.6) is 0 Å². The lowest BCUT2D eigenvalue weighted by Crippen LogP contribution is -2.07. The molecule has 0 amide bonds. The second kappa shape index (κ2) is 14.3. The van der Waals surface area contributed by atoms with E-state index in [9.17, 15) is 9.90 Å². The molecule has 184 valence electrons. The maximum atomic E-state index is 15.1. The average molecular weight is 625 g/mol. The second-order valence-corrected chi connectivity index (χ2v) is 8.81. The van der Waals surface area contributed by atoms with Gasteiger partial charge in [-0.05, 0) is 59.7 Å². The van der Waals surface area contributed by atoms with Crippen LogP contribution < -0.4 is 11.2 Å². The predicted molar refractivity (Wildman–Crippen MR) is 140 cm³/mol. The molecule has 0 saturated heterocycles. The minimum Gasteiger partial charge on any atom is -0.499 e. The predicted octanol–water partition coefficient (Wildman–Crippen LogP) is 5.93. The summed E-state index contributed by atoms with van der Waals surface area (Å²) in [5, 5.41) is 12.8. The molecule has 1 heterocycles. The molecule has 0 aliphatic heterocycles. The molecule has 0 atom stereocenters. The molecule has 0 unspecified atom stereocenters. The third kappa shape index (κ3) is 7.70. The number of halogens is 4. The fraction of sp³-hybridized carbons (Fsp3) is 0.273. The summed E-state index contributed by atoms with van der Waals surface area (Å²) in [5.74, 6) is 3.22. The van der Waals surface area contributed by atoms with Crippen molar-refractivity contribution < 1.29 is 23.9 Å². The minimum absolute atomic E-state index is 0.106. The van der Waals surface area contributed by atoms with Crippen LogP contribution in [0.2, 0.25) is 5.02 Å². The third-order valence-electron chi connectivity index (χ3n) is 4.50. The molecule has 1 aromatic heterocycles. The van der Waals surface area contributed by atoms with Gasteiger partial charge in [0.05, 0.1) is 40.1 Å². The number of fused-ring (bicyclic) bond motifs is 1. The number of unbranched alkanes of at least 4 members (excludes halogenated alkanes) is 1. The molecule has 0 spiro atoms. The van der Waals surface area contributed by atoms with Crippen molar-refractivity contribution in [2.45, 2.75) is 19.4 Å². The zero-order valence-corrected chi connectivity index (χ0v) is 21.7. The Labute approximate surface area is 219 Å². The standard InChI is InChI=1S/C18H15Cl2FIN3O2.C4H9NO2/c19-5-1-2-6-25-9-23-17-14(25)8-11(18(26)27)16(15(17)21)24-13-4-3-10(22)7-12(13)20;1-2-6-3-4-7-5/h3-4,7-9,24H,1-2,5-6H2,(H,26,27);2H,1,3-5H2. The number of nitrogens with two attached hydrogens (primary N) is 1. The van der Waals surface area contributed by atoms with Gasteiger partial charge in [0.15, 0.2) is 5.82 Å². The van der Waals surface area contributed by atoms with E-state index in [0.29, 0.717) is 41.9 Å². The van der Waals surface area contributed by atoms with Gasteiger partial charge in [-0.2, -0.15) is 0 Å². The summed E-state index contributed by atoms with van der Waals surface area (Å²) in [5.41, 5.74) is 0.603. The number of alkyl halides is 1. The number of anilines is 2. The molecule has 3 rings (SSSR count). The van der Waals surface area contributed by atoms with Crippen molar-refractivity contribution in [2.75, 3.05) is 24.4 Å². The van der Waals surface area contributed by atoms with E-state index in [-0.39, 0.29) is 16.8 Å². The van der Waals surface area contributed by atoms with E-state index in [1.54, 1.807) is 22.8 Å². The maximum absolute atomic E-state index is 15.1. The molecule has 2 aromatic carbocycles. The summed E-state index contributed by atoms with van der Waals surface area (Å²) in [7, 11) is 0. The van der Waals surface area contributed by atoms with Gasteiger partial charge >= 0.3 is 5.97 Å². The molecular formula is C22H24Cl2FIN4O4. The van der Waals surface area contributed by atoms with Gasteiger partial charge in [-0.1, -0.05) is 18.2 Å². The Bertz CT molecular complexity index is 1130. The lowest BCUT2D eigenvalue weighted by atomic mass is 10.1. The van der Waals surface area contributed by atoms with E-state index in [2.05, 4.69) is 54.9 Å². The van der Waals surface area contributed by atoms with Gasteiger partial charge in [0, 0.05) is 16.0 Å². The quantitative estimate of drug-likeness (QED) is 0.0797. The smallest absolute Gasteiger partial charge is 0.338 e. The Kier molecular flexibility index (Phi) is 11.8. The first-order valence-corrected chi connectivity index (χ1v) is 12.1. The molecule has 0 aliphatic carbocycles. The van der Waals surface area contributed by atoms with Crippen molar-refractivity contribution >= 4 is 74.2 Å². The van der Waals surface area contributed by atoms with Gasteiger partial charge in [-0.25, -0.2) is 20.1 Å². The number of rotatable bonds is 11. The van der Waals surface area contributed by atoms with Gasteiger partial charge in [-0.15, -0.1) is 11.6 Å². The first kappa shape index (κ1) is 28.1. The highest BCUT2D eigenvalue weighted by Gasteiger charge is 2.22. The van der Waals surface area contributed by atoms with E-state index >= 15 is 4.39 Å². The van der Waals surface area contributed by atoms with Crippen LogP contribution >= 0.6 is 45.8 Å². The van der Waals surface area contributed by atoms with E-state index in [4.69, 9.17) is 23.2 Å². The highest BCUT2D eigenvalue weighted by Crippen LogP contribution is 2.34. The number of aromatic nitrogens is 2. The van der Waals surface area contributed by atoms with Crippen LogP contribution in [0.4, 0.5) is 15.8 Å². The number of benzene rings is 2. The largest absolute Gasteiger partial charge is 0.499 e. The summed E-state index contributed by atoms with van der Waals surface area (Å²) in [6.45, 7) is 4.78. The van der Waals surface area contributed by atoms with Crippen LogP contribution in [-0.4, -0.2) is 39.7 Å². The van der Waals surface area contributed by atoms with Gasteiger partial charge in [-0.3, -0.25) is 0 Å². The van der Waals surface area contributed by atoms with Crippen LogP contribution in [0, 0.1) is 9.39 Å². The Morgan fingerprint density at radius 3 is 2.74 bits per heavy atom. The van der Waals surface area contributed by atoms with Crippen LogP contribution in [0.25, 0.3) is 11.0 Å². The zero-order chi connectivity index (χ0) is 25.1. The molecule has 0 saturated carbocycles. The highest BCUT2D eigenvalue weighted by atomic mass is 127. The molecule has 34 heavy (non-hydrogen) atoms. The molecule has 0 fully saturated rings. The van der Waals surface area contributed by atoms with Crippen molar-refractivity contribution in [3.05, 3.63) is 63.4 Å². The Morgan fingerprint density at radius 2 is 2.12 bits per heavy atom. The first-order chi connectivity index (χ1) is 16.3. The van der Waals surface area contributed by atoms with Gasteiger partial charge in [0.1, 0.15) is 18.7 Å². The summed E-state index contributed by atoms with van der Waals surface area (Å²) in [6, 6.07) is 6.59. The Hall–Kier alpha value is -2.12. The van der Waals surface area contributed by atoms with E-state index in [0.717, 1.165) is 16.4 Å². The maximum Gasteiger partial charge on any atom is 0.338 e. The molecule has 0 aliphatic rings. The van der Waals surface area contributed by atoms with Crippen LogP contribution in [0.15, 0.2) is 43.4 Å². The number of nitrogens with zero attached hydrogens (tertiary/aromatic N) is 2. The number of ether oxygens (including phenoxy) is 1. The average Bonchev–Trinajstić information content (AvgIpc) is 3.21. The molecule has 12 heteroatoms. The monoisotopic (exact) mass is 624 g/mol. The fourth-order valence-corrected chi connectivity index (χ4v) is 4.00. The molecule has 3 aromatic rings. The Morgan fingerprint density at radius 1 is 1.35 bits per heavy atom. The zero-order valence-electron chi connectivity index (χ0n) is 18.1. The third-order valence-corrected chi connectivity index (χ3v) is 5.75. The Balaban J connectivity index is 0.000000509. The van der Waals surface area contributed by atoms with Gasteiger partial charge < -0.3 is 24.6 Å². The lowest BCUT2D eigenvalue weighted by molar-refractivity contribution is 0.0697. The van der Waals surface area contributed by atoms with E-state index < -0.39 is 11.8 Å². The number of hydrogen-bond donors (Lipinski definition) is 3. The number of imidazole rings is 1. The number of carboxylic acid groups (broad SMARTS) is 1. The molecule has 8 nitrogen and oxygen atoms in total. The molecular weight excluding hydrogens is 601 g/mol. The number of aryl methyl sites for hydroxylation is 1. The summed E-state index contributed by atoms with van der Waals surface area (Å²) in [6.07, 6.45) is 4.45. The van der Waals surface area contributed by atoms with E-state index in [1.807, 2.05) is 0 Å².